The van der Waals surface area contributed by atoms with E-state index in [4.69, 9.17) is 4.42 Å². The van der Waals surface area contributed by atoms with Gasteiger partial charge in [-0.1, -0.05) is 66.4 Å². The summed E-state index contributed by atoms with van der Waals surface area (Å²) in [6.07, 6.45) is 6.59. The van der Waals surface area contributed by atoms with E-state index in [1.165, 1.54) is 25.7 Å². The molecule has 1 aromatic carbocycles. The third-order valence-corrected chi connectivity index (χ3v) is 6.47. The van der Waals surface area contributed by atoms with Gasteiger partial charge < -0.3 is 9.52 Å². The first-order chi connectivity index (χ1) is 12.2. The van der Waals surface area contributed by atoms with Crippen LogP contribution >= 0.6 is 0 Å². The number of phenolic OH excluding ortho intramolecular Hbond substituents is 1. The van der Waals surface area contributed by atoms with E-state index in [2.05, 4.69) is 34.6 Å². The van der Waals surface area contributed by atoms with E-state index in [1.807, 2.05) is 6.07 Å². The highest BCUT2D eigenvalue weighted by molar-refractivity contribution is 6.04. The van der Waals surface area contributed by atoms with Crippen molar-refractivity contribution in [1.29, 1.82) is 0 Å². The van der Waals surface area contributed by atoms with Crippen LogP contribution in [-0.4, -0.2) is 10.9 Å². The summed E-state index contributed by atoms with van der Waals surface area (Å²) in [4.78, 5) is 12.9. The summed E-state index contributed by atoms with van der Waals surface area (Å²) in [6.45, 7) is 11.2. The molecule has 1 atom stereocenters. The van der Waals surface area contributed by atoms with Gasteiger partial charge in [0.15, 0.2) is 11.5 Å². The van der Waals surface area contributed by atoms with Crippen LogP contribution in [0.2, 0.25) is 0 Å². The number of carbonyl (C=O) groups excluding carboxylic acids is 1. The summed E-state index contributed by atoms with van der Waals surface area (Å²) in [5.41, 5.74) is 1.33. The van der Waals surface area contributed by atoms with Crippen LogP contribution in [0.5, 0.6) is 5.75 Å². The van der Waals surface area contributed by atoms with E-state index in [0.29, 0.717) is 23.2 Å². The smallest absolute Gasteiger partial charge is 0.198 e. The molecule has 2 aromatic rings. The molecule has 0 spiro atoms. The Morgan fingerprint density at radius 3 is 2.65 bits per heavy atom. The number of benzene rings is 1. The predicted octanol–water partition coefficient (Wildman–Crippen LogP) is 6.62. The van der Waals surface area contributed by atoms with Gasteiger partial charge in [0.1, 0.15) is 11.3 Å². The van der Waals surface area contributed by atoms with Gasteiger partial charge in [-0.15, -0.1) is 0 Å². The van der Waals surface area contributed by atoms with Crippen LogP contribution in [0.4, 0.5) is 0 Å². The minimum atomic E-state index is -0.235. The fraction of sp³-hybridized carbons (Fsp3) is 0.609. The first kappa shape index (κ1) is 19.0. The molecule has 3 heteroatoms. The van der Waals surface area contributed by atoms with Crippen molar-refractivity contribution in [2.45, 2.75) is 78.6 Å². The number of phenols is 1. The lowest BCUT2D eigenvalue weighted by molar-refractivity contribution is 0.0652. The monoisotopic (exact) mass is 356 g/mol. The van der Waals surface area contributed by atoms with Crippen LogP contribution in [-0.2, 0) is 5.41 Å². The highest BCUT2D eigenvalue weighted by Gasteiger charge is 2.49. The average Bonchev–Trinajstić information content (AvgIpc) is 2.97. The number of hydrogen-bond acceptors (Lipinski definition) is 3. The van der Waals surface area contributed by atoms with Crippen LogP contribution < -0.4 is 0 Å². The number of unbranched alkanes of at least 4 members (excludes halogenated alkanes) is 3. The summed E-state index contributed by atoms with van der Waals surface area (Å²) in [6, 6.07) is 5.28. The van der Waals surface area contributed by atoms with Gasteiger partial charge in [0.2, 0.25) is 0 Å². The molecule has 1 aliphatic rings. The van der Waals surface area contributed by atoms with E-state index >= 15 is 0 Å². The summed E-state index contributed by atoms with van der Waals surface area (Å²) in [5.74, 6) is 0.943. The van der Waals surface area contributed by atoms with E-state index in [9.17, 15) is 9.90 Å². The topological polar surface area (TPSA) is 50.4 Å². The molecule has 1 aromatic heterocycles. The molecule has 1 N–H and O–H groups in total. The third kappa shape index (κ3) is 3.06. The van der Waals surface area contributed by atoms with Gasteiger partial charge in [0, 0.05) is 12.0 Å². The fourth-order valence-corrected chi connectivity index (χ4v) is 5.08. The van der Waals surface area contributed by atoms with E-state index in [1.54, 1.807) is 12.1 Å². The van der Waals surface area contributed by atoms with Crippen molar-refractivity contribution in [2.24, 2.45) is 11.3 Å². The van der Waals surface area contributed by atoms with E-state index in [0.717, 1.165) is 12.0 Å². The minimum Gasteiger partial charge on any atom is -0.507 e. The number of Topliss-reactive ketones (excluding diaryl/α,β-unsaturated/α-hetero) is 1. The lowest BCUT2D eigenvalue weighted by atomic mass is 9.56. The second-order valence-electron chi connectivity index (χ2n) is 9.16. The third-order valence-electron chi connectivity index (χ3n) is 6.47. The number of hydrogen-bond donors (Lipinski definition) is 1. The Bertz CT molecular complexity index is 810. The summed E-state index contributed by atoms with van der Waals surface area (Å²) in [7, 11) is 0. The lowest BCUT2D eigenvalue weighted by Crippen LogP contribution is -2.44. The maximum Gasteiger partial charge on any atom is 0.198 e. The van der Waals surface area contributed by atoms with Crippen LogP contribution in [0.1, 0.15) is 89.3 Å². The highest BCUT2D eigenvalue weighted by atomic mass is 16.3. The summed E-state index contributed by atoms with van der Waals surface area (Å²) in [5, 5.41) is 11.2. The zero-order valence-corrected chi connectivity index (χ0v) is 16.8. The van der Waals surface area contributed by atoms with Crippen LogP contribution in [0, 0.1) is 11.3 Å². The van der Waals surface area contributed by atoms with Crippen molar-refractivity contribution < 1.29 is 14.3 Å². The fourth-order valence-electron chi connectivity index (χ4n) is 5.08. The van der Waals surface area contributed by atoms with Gasteiger partial charge in [-0.05, 0) is 35.3 Å². The number of aromatic hydroxyl groups is 1. The van der Waals surface area contributed by atoms with Gasteiger partial charge in [0.25, 0.3) is 0 Å². The Labute approximate surface area is 156 Å². The molecule has 0 saturated heterocycles. The van der Waals surface area contributed by atoms with Crippen molar-refractivity contribution in [3.8, 4) is 5.75 Å². The molecule has 0 fully saturated rings. The molecule has 0 amide bonds. The summed E-state index contributed by atoms with van der Waals surface area (Å²) < 4.78 is 5.88. The molecule has 26 heavy (non-hydrogen) atoms. The quantitative estimate of drug-likeness (QED) is 0.592. The lowest BCUT2D eigenvalue weighted by Gasteiger charge is -2.47. The number of furan rings is 1. The Morgan fingerprint density at radius 2 is 1.96 bits per heavy atom. The van der Waals surface area contributed by atoms with Crippen molar-refractivity contribution in [2.75, 3.05) is 0 Å². The average molecular weight is 357 g/mol. The highest BCUT2D eigenvalue weighted by Crippen LogP contribution is 2.54. The van der Waals surface area contributed by atoms with Gasteiger partial charge in [-0.25, -0.2) is 0 Å². The molecule has 142 valence electrons. The molecule has 1 unspecified atom stereocenters. The molecule has 0 bridgehead atoms. The number of carbonyl (C=O) groups is 1. The van der Waals surface area contributed by atoms with Gasteiger partial charge >= 0.3 is 0 Å². The van der Waals surface area contributed by atoms with Gasteiger partial charge in [0.05, 0.1) is 5.39 Å². The van der Waals surface area contributed by atoms with Crippen molar-refractivity contribution >= 4 is 16.8 Å². The number of rotatable bonds is 6. The van der Waals surface area contributed by atoms with Crippen molar-refractivity contribution in [3.63, 3.8) is 0 Å². The Balaban J connectivity index is 2.02. The molecule has 1 aliphatic carbocycles. The van der Waals surface area contributed by atoms with E-state index < -0.39 is 0 Å². The Hall–Kier alpha value is -1.77. The molecule has 3 nitrogen and oxygen atoms in total. The molecule has 0 aliphatic heterocycles. The zero-order chi connectivity index (χ0) is 19.1. The standard InChI is InChI=1S/C23H32O3/c1-6-7-8-9-13-22(2,3)18-14-16(25)21-20(23(18,4)5)19-15(24)11-10-12-17(19)26-21/h10-12,18,24H,6-9,13-14H2,1-5H3. The van der Waals surface area contributed by atoms with Crippen molar-refractivity contribution in [1.82, 2.24) is 0 Å². The van der Waals surface area contributed by atoms with Gasteiger partial charge in [-0.2, -0.15) is 0 Å². The normalized spacial score (nSPS) is 19.7. The van der Waals surface area contributed by atoms with Crippen LogP contribution in [0.25, 0.3) is 11.0 Å². The zero-order valence-electron chi connectivity index (χ0n) is 16.8. The maximum absolute atomic E-state index is 12.9. The molecule has 1 heterocycles. The molecular formula is C23H32O3. The van der Waals surface area contributed by atoms with Crippen LogP contribution in [0.15, 0.2) is 22.6 Å². The second kappa shape index (κ2) is 6.75. The first-order valence-corrected chi connectivity index (χ1v) is 9.98. The number of fused-ring (bicyclic) bond motifs is 3. The maximum atomic E-state index is 12.9. The minimum absolute atomic E-state index is 0.0542. The molecule has 0 radical (unpaired) electrons. The molecule has 0 saturated carbocycles. The first-order valence-electron chi connectivity index (χ1n) is 9.98. The Kier molecular flexibility index (Phi) is 4.94. The largest absolute Gasteiger partial charge is 0.507 e. The second-order valence-corrected chi connectivity index (χ2v) is 9.16. The van der Waals surface area contributed by atoms with E-state index in [-0.39, 0.29) is 28.3 Å². The predicted molar refractivity (Wildman–Crippen MR) is 106 cm³/mol. The molecular weight excluding hydrogens is 324 g/mol. The van der Waals surface area contributed by atoms with Crippen molar-refractivity contribution in [3.05, 3.63) is 29.5 Å². The van der Waals surface area contributed by atoms with Crippen LogP contribution in [0.3, 0.4) is 0 Å². The SMILES string of the molecule is CCCCCCC(C)(C)C1CC(=O)c2oc3cccc(O)c3c2C1(C)C. The number of ketones is 1. The van der Waals surface area contributed by atoms with Gasteiger partial charge in [-0.3, -0.25) is 4.79 Å². The summed E-state index contributed by atoms with van der Waals surface area (Å²) >= 11 is 0. The Morgan fingerprint density at radius 1 is 1.23 bits per heavy atom. The molecule has 3 rings (SSSR count).